The molecule has 0 spiro atoms. The quantitative estimate of drug-likeness (QED) is 0.734. The number of carbonyl (C=O) groups excluding carboxylic acids is 3. The zero-order chi connectivity index (χ0) is 17.7. The highest BCUT2D eigenvalue weighted by Crippen LogP contribution is 2.26. The molecule has 0 saturated heterocycles. The number of amides is 3. The lowest BCUT2D eigenvalue weighted by atomic mass is 10.1. The molecular weight excluding hydrogens is 324 g/mol. The summed E-state index contributed by atoms with van der Waals surface area (Å²) in [7, 11) is 0. The molecule has 2 rings (SSSR count). The molecule has 0 aliphatic carbocycles. The van der Waals surface area contributed by atoms with Crippen molar-refractivity contribution in [2.45, 2.75) is 45.2 Å². The van der Waals surface area contributed by atoms with Gasteiger partial charge < -0.3 is 5.32 Å². The summed E-state index contributed by atoms with van der Waals surface area (Å²) in [4.78, 5) is 39.2. The number of nitrogens with one attached hydrogen (secondary N) is 1. The van der Waals surface area contributed by atoms with Crippen molar-refractivity contribution in [1.82, 2.24) is 10.2 Å². The predicted octanol–water partition coefficient (Wildman–Crippen LogP) is 2.71. The number of hydrogen-bond acceptors (Lipinski definition) is 4. The molecule has 1 aliphatic heterocycles. The fourth-order valence-corrected chi connectivity index (χ4v) is 3.35. The van der Waals surface area contributed by atoms with Crippen LogP contribution in [0, 0.1) is 0 Å². The minimum atomic E-state index is -0.759. The smallest absolute Gasteiger partial charge is 0.262 e. The van der Waals surface area contributed by atoms with Crippen LogP contribution in [-0.4, -0.2) is 46.7 Å². The van der Waals surface area contributed by atoms with Gasteiger partial charge in [-0.2, -0.15) is 11.8 Å². The third kappa shape index (κ3) is 3.64. The maximum atomic E-state index is 12.7. The molecular formula is C18H24N2O3S. The molecule has 0 aromatic heterocycles. The van der Waals surface area contributed by atoms with Crippen LogP contribution >= 0.6 is 11.8 Å². The van der Waals surface area contributed by atoms with Crippen LogP contribution in [-0.2, 0) is 4.79 Å². The Morgan fingerprint density at radius 3 is 2.12 bits per heavy atom. The SMILES string of the molecule is CCC(CC)NC(=O)[C@@H](CCSC)N1C(=O)c2ccccc2C1=O. The van der Waals surface area contributed by atoms with E-state index in [9.17, 15) is 14.4 Å². The fourth-order valence-electron chi connectivity index (χ4n) is 2.89. The zero-order valence-corrected chi connectivity index (χ0v) is 15.2. The van der Waals surface area contributed by atoms with Crippen molar-refractivity contribution < 1.29 is 14.4 Å². The highest BCUT2D eigenvalue weighted by molar-refractivity contribution is 7.98. The molecule has 1 aliphatic rings. The summed E-state index contributed by atoms with van der Waals surface area (Å²) in [5.74, 6) is -0.288. The minimum absolute atomic E-state index is 0.0597. The number of nitrogens with zero attached hydrogens (tertiary/aromatic N) is 1. The van der Waals surface area contributed by atoms with Crippen LogP contribution in [0.25, 0.3) is 0 Å². The normalized spacial score (nSPS) is 14.9. The highest BCUT2D eigenvalue weighted by atomic mass is 32.2. The van der Waals surface area contributed by atoms with Gasteiger partial charge in [0, 0.05) is 6.04 Å². The monoisotopic (exact) mass is 348 g/mol. The Morgan fingerprint density at radius 2 is 1.67 bits per heavy atom. The van der Waals surface area contributed by atoms with Crippen molar-refractivity contribution in [3.05, 3.63) is 35.4 Å². The molecule has 0 fully saturated rings. The first-order chi connectivity index (χ1) is 11.5. The number of hydrogen-bond donors (Lipinski definition) is 1. The summed E-state index contributed by atoms with van der Waals surface area (Å²) in [6.45, 7) is 4.01. The van der Waals surface area contributed by atoms with Crippen molar-refractivity contribution in [2.75, 3.05) is 12.0 Å². The first kappa shape index (κ1) is 18.5. The van der Waals surface area contributed by atoms with Gasteiger partial charge in [0.05, 0.1) is 11.1 Å². The molecule has 0 radical (unpaired) electrons. The molecule has 24 heavy (non-hydrogen) atoms. The van der Waals surface area contributed by atoms with Gasteiger partial charge in [0.2, 0.25) is 5.91 Å². The van der Waals surface area contributed by atoms with E-state index < -0.39 is 6.04 Å². The van der Waals surface area contributed by atoms with Crippen LogP contribution in [0.3, 0.4) is 0 Å². The van der Waals surface area contributed by atoms with Crippen molar-refractivity contribution in [2.24, 2.45) is 0 Å². The maximum Gasteiger partial charge on any atom is 0.262 e. The van der Waals surface area contributed by atoms with Gasteiger partial charge >= 0.3 is 0 Å². The Kier molecular flexibility index (Phi) is 6.43. The first-order valence-corrected chi connectivity index (χ1v) is 9.70. The van der Waals surface area contributed by atoms with E-state index in [2.05, 4.69) is 5.32 Å². The maximum absolute atomic E-state index is 12.7. The van der Waals surface area contributed by atoms with Gasteiger partial charge in [0.25, 0.3) is 11.8 Å². The molecule has 6 heteroatoms. The number of thioether (sulfide) groups is 1. The Labute approximate surface area is 147 Å². The molecule has 0 unspecified atom stereocenters. The number of imide groups is 1. The van der Waals surface area contributed by atoms with E-state index in [0.717, 1.165) is 17.7 Å². The second-order valence-electron chi connectivity index (χ2n) is 5.85. The lowest BCUT2D eigenvalue weighted by Gasteiger charge is -2.27. The van der Waals surface area contributed by atoms with Gasteiger partial charge in [-0.15, -0.1) is 0 Å². The Balaban J connectivity index is 2.27. The van der Waals surface area contributed by atoms with Crippen LogP contribution < -0.4 is 5.32 Å². The summed E-state index contributed by atoms with van der Waals surface area (Å²) in [6.07, 6.45) is 4.04. The van der Waals surface area contributed by atoms with Crippen molar-refractivity contribution in [3.8, 4) is 0 Å². The van der Waals surface area contributed by atoms with Crippen LogP contribution in [0.5, 0.6) is 0 Å². The van der Waals surface area contributed by atoms with Gasteiger partial charge in [-0.1, -0.05) is 26.0 Å². The van der Waals surface area contributed by atoms with Crippen LogP contribution in [0.15, 0.2) is 24.3 Å². The summed E-state index contributed by atoms with van der Waals surface area (Å²) < 4.78 is 0. The van der Waals surface area contributed by atoms with Crippen LogP contribution in [0.1, 0.15) is 53.8 Å². The molecule has 3 amide bonds. The van der Waals surface area contributed by atoms with Crippen molar-refractivity contribution in [3.63, 3.8) is 0 Å². The second kappa shape index (κ2) is 8.33. The average molecular weight is 348 g/mol. The second-order valence-corrected chi connectivity index (χ2v) is 6.83. The molecule has 1 heterocycles. The summed E-state index contributed by atoms with van der Waals surface area (Å²) in [5.41, 5.74) is 0.763. The number of rotatable bonds is 8. The molecule has 130 valence electrons. The lowest BCUT2D eigenvalue weighted by Crippen LogP contribution is -2.51. The molecule has 1 aromatic carbocycles. The number of carbonyl (C=O) groups is 3. The number of fused-ring (bicyclic) bond motifs is 1. The number of benzene rings is 1. The molecule has 1 aromatic rings. The molecule has 1 N–H and O–H groups in total. The van der Waals surface area contributed by atoms with Gasteiger partial charge in [-0.3, -0.25) is 19.3 Å². The van der Waals surface area contributed by atoms with Crippen LogP contribution in [0.4, 0.5) is 0 Å². The lowest BCUT2D eigenvalue weighted by molar-refractivity contribution is -0.125. The predicted molar refractivity (Wildman–Crippen MR) is 96.2 cm³/mol. The van der Waals surface area contributed by atoms with Gasteiger partial charge in [0.1, 0.15) is 6.04 Å². The summed E-state index contributed by atoms with van der Waals surface area (Å²) >= 11 is 1.59. The van der Waals surface area contributed by atoms with Gasteiger partial charge in [-0.25, -0.2) is 0 Å². The topological polar surface area (TPSA) is 66.5 Å². The Hall–Kier alpha value is -1.82. The molecule has 0 saturated carbocycles. The average Bonchev–Trinajstić information content (AvgIpc) is 2.85. The molecule has 0 bridgehead atoms. The van der Waals surface area contributed by atoms with E-state index in [-0.39, 0.29) is 23.8 Å². The first-order valence-electron chi connectivity index (χ1n) is 8.31. The van der Waals surface area contributed by atoms with E-state index in [4.69, 9.17) is 0 Å². The van der Waals surface area contributed by atoms with E-state index >= 15 is 0 Å². The Bertz CT molecular complexity index is 593. The van der Waals surface area contributed by atoms with E-state index in [1.165, 1.54) is 0 Å². The summed E-state index contributed by atoms with van der Waals surface area (Å²) in [5, 5.41) is 2.98. The summed E-state index contributed by atoms with van der Waals surface area (Å²) in [6, 6.07) is 6.04. The van der Waals surface area contributed by atoms with Crippen molar-refractivity contribution >= 4 is 29.5 Å². The molecule has 1 atom stereocenters. The fraction of sp³-hybridized carbons (Fsp3) is 0.500. The van der Waals surface area contributed by atoms with E-state index in [0.29, 0.717) is 23.3 Å². The van der Waals surface area contributed by atoms with Gasteiger partial charge in [0.15, 0.2) is 0 Å². The van der Waals surface area contributed by atoms with Gasteiger partial charge in [-0.05, 0) is 43.4 Å². The van der Waals surface area contributed by atoms with Crippen LogP contribution in [0.2, 0.25) is 0 Å². The minimum Gasteiger partial charge on any atom is -0.352 e. The highest BCUT2D eigenvalue weighted by Gasteiger charge is 2.42. The third-order valence-electron chi connectivity index (χ3n) is 4.37. The van der Waals surface area contributed by atoms with E-state index in [1.807, 2.05) is 20.1 Å². The largest absolute Gasteiger partial charge is 0.352 e. The molecule has 5 nitrogen and oxygen atoms in total. The third-order valence-corrected chi connectivity index (χ3v) is 5.01. The Morgan fingerprint density at radius 1 is 1.12 bits per heavy atom. The standard InChI is InChI=1S/C18H24N2O3S/c1-4-12(5-2)19-16(21)15(10-11-24-3)20-17(22)13-8-6-7-9-14(13)18(20)23/h6-9,12,15H,4-5,10-11H2,1-3H3,(H,19,21)/t15-/m1/s1. The zero-order valence-electron chi connectivity index (χ0n) is 14.4. The van der Waals surface area contributed by atoms with Crippen molar-refractivity contribution in [1.29, 1.82) is 0 Å². The van der Waals surface area contributed by atoms with E-state index in [1.54, 1.807) is 36.0 Å².